The zero-order valence-electron chi connectivity index (χ0n) is 21.5. The van der Waals surface area contributed by atoms with E-state index in [4.69, 9.17) is 9.72 Å². The van der Waals surface area contributed by atoms with Gasteiger partial charge in [0.05, 0.1) is 20.7 Å². The van der Waals surface area contributed by atoms with E-state index in [1.165, 1.54) is 43.9 Å². The molecule has 0 N–H and O–H groups in total. The molecule has 3 aromatic carbocycles. The zero-order chi connectivity index (χ0) is 23.9. The summed E-state index contributed by atoms with van der Waals surface area (Å²) in [4.78, 5) is 4.82. The van der Waals surface area contributed by atoms with Gasteiger partial charge in [-0.05, 0) is 59.1 Å². The van der Waals surface area contributed by atoms with Crippen molar-refractivity contribution < 1.29 is 9.30 Å². The van der Waals surface area contributed by atoms with Gasteiger partial charge in [-0.3, -0.25) is 0 Å². The summed E-state index contributed by atoms with van der Waals surface area (Å²) in [6, 6.07) is 11.4. The Morgan fingerprint density at radius 3 is 2.39 bits per heavy atom. The summed E-state index contributed by atoms with van der Waals surface area (Å²) in [5.74, 6) is 1.99. The van der Waals surface area contributed by atoms with Gasteiger partial charge < -0.3 is 4.74 Å². The fourth-order valence-corrected chi connectivity index (χ4v) is 6.30. The lowest BCUT2D eigenvalue weighted by Gasteiger charge is -2.29. The van der Waals surface area contributed by atoms with E-state index in [1.54, 1.807) is 0 Å². The second-order valence-electron chi connectivity index (χ2n) is 12.0. The van der Waals surface area contributed by atoms with Gasteiger partial charge in [0.1, 0.15) is 16.9 Å². The number of benzene rings is 3. The second-order valence-corrected chi connectivity index (χ2v) is 17.1. The lowest BCUT2D eigenvalue weighted by atomic mass is 9.81. The van der Waals surface area contributed by atoms with Crippen molar-refractivity contribution in [2.45, 2.75) is 60.7 Å². The molecule has 0 unspecified atom stereocenters. The first-order valence-corrected chi connectivity index (χ1v) is 15.4. The molecule has 0 bridgehead atoms. The molecule has 0 saturated heterocycles. The molecule has 1 aliphatic heterocycles. The van der Waals surface area contributed by atoms with Gasteiger partial charge in [0.2, 0.25) is 0 Å². The Labute approximate surface area is 198 Å². The Morgan fingerprint density at radius 1 is 1.00 bits per heavy atom. The van der Waals surface area contributed by atoms with Gasteiger partial charge in [-0.1, -0.05) is 69.4 Å². The van der Waals surface area contributed by atoms with Crippen LogP contribution in [-0.4, -0.2) is 13.1 Å². The van der Waals surface area contributed by atoms with Gasteiger partial charge in [0.15, 0.2) is 11.2 Å². The van der Waals surface area contributed by atoms with E-state index >= 15 is 0 Å². The van der Waals surface area contributed by atoms with Crippen LogP contribution in [0.5, 0.6) is 11.5 Å². The highest BCUT2D eigenvalue weighted by molar-refractivity contribution is 6.88. The molecule has 1 aromatic heterocycles. The van der Waals surface area contributed by atoms with E-state index in [1.807, 2.05) is 6.33 Å². The van der Waals surface area contributed by atoms with Crippen molar-refractivity contribution in [3.8, 4) is 22.8 Å². The van der Waals surface area contributed by atoms with Crippen LogP contribution < -0.4 is 14.5 Å². The van der Waals surface area contributed by atoms with Crippen molar-refractivity contribution >= 4 is 34.9 Å². The first-order chi connectivity index (χ1) is 15.3. The molecule has 4 aromatic rings. The van der Waals surface area contributed by atoms with Gasteiger partial charge in [-0.15, -0.1) is 0 Å². The Kier molecular flexibility index (Phi) is 4.78. The molecular weight excluding hydrogens is 420 g/mol. The summed E-state index contributed by atoms with van der Waals surface area (Å²) in [7, 11) is 0.571. The van der Waals surface area contributed by atoms with E-state index in [2.05, 4.69) is 96.2 Å². The van der Waals surface area contributed by atoms with Gasteiger partial charge in [0.25, 0.3) is 6.33 Å². The highest BCUT2D eigenvalue weighted by atomic mass is 28.3. The SMILES string of the molecule is Cc1ccc2c(CC(C)(C)C)c3c(c(C)c2c1)-c1c2c(cc([Si](C)(C)C)cc2nc[n+]1C)O3. The maximum absolute atomic E-state index is 6.91. The molecule has 4 heteroatoms. The molecule has 0 radical (unpaired) electrons. The molecule has 170 valence electrons. The zero-order valence-corrected chi connectivity index (χ0v) is 22.5. The highest BCUT2D eigenvalue weighted by Crippen LogP contribution is 2.51. The largest absolute Gasteiger partial charge is 0.455 e. The molecule has 2 heterocycles. The van der Waals surface area contributed by atoms with Gasteiger partial charge in [-0.25, -0.2) is 4.57 Å². The van der Waals surface area contributed by atoms with Crippen molar-refractivity contribution in [1.29, 1.82) is 0 Å². The number of rotatable bonds is 2. The summed E-state index contributed by atoms with van der Waals surface area (Å²) < 4.78 is 9.08. The monoisotopic (exact) mass is 455 g/mol. The summed E-state index contributed by atoms with van der Waals surface area (Å²) in [5.41, 5.74) is 7.49. The lowest BCUT2D eigenvalue weighted by Crippen LogP contribution is -2.38. The molecule has 3 nitrogen and oxygen atoms in total. The third-order valence-electron chi connectivity index (χ3n) is 6.84. The fraction of sp³-hybridized carbons (Fsp3) is 0.379. The summed E-state index contributed by atoms with van der Waals surface area (Å²) in [5, 5.41) is 5.14. The number of hydrogen-bond acceptors (Lipinski definition) is 2. The minimum atomic E-state index is -1.54. The predicted molar refractivity (Wildman–Crippen MR) is 142 cm³/mol. The normalized spacial score (nSPS) is 13.4. The van der Waals surface area contributed by atoms with Crippen LogP contribution in [-0.2, 0) is 13.5 Å². The van der Waals surface area contributed by atoms with Crippen LogP contribution in [0.25, 0.3) is 32.9 Å². The Balaban J connectivity index is 1.96. The number of aryl methyl sites for hydroxylation is 3. The van der Waals surface area contributed by atoms with Crippen LogP contribution in [0.1, 0.15) is 37.5 Å². The summed E-state index contributed by atoms with van der Waals surface area (Å²) in [6.07, 6.45) is 2.92. The third-order valence-corrected chi connectivity index (χ3v) is 8.86. The molecular formula is C29H35N2OSi+. The van der Waals surface area contributed by atoms with Crippen LogP contribution in [0.15, 0.2) is 36.7 Å². The molecule has 0 aliphatic carbocycles. The number of hydrogen-bond donors (Lipinski definition) is 0. The maximum Gasteiger partial charge on any atom is 0.287 e. The molecule has 0 atom stereocenters. The van der Waals surface area contributed by atoms with Crippen molar-refractivity contribution in [3.63, 3.8) is 0 Å². The minimum absolute atomic E-state index is 0.139. The number of fused-ring (bicyclic) bond motifs is 3. The van der Waals surface area contributed by atoms with E-state index in [0.29, 0.717) is 0 Å². The van der Waals surface area contributed by atoms with Crippen LogP contribution in [0.3, 0.4) is 0 Å². The molecule has 33 heavy (non-hydrogen) atoms. The van der Waals surface area contributed by atoms with Crippen molar-refractivity contribution in [2.24, 2.45) is 12.5 Å². The van der Waals surface area contributed by atoms with E-state index < -0.39 is 8.07 Å². The van der Waals surface area contributed by atoms with Gasteiger partial charge in [-0.2, -0.15) is 0 Å². The smallest absolute Gasteiger partial charge is 0.287 e. The van der Waals surface area contributed by atoms with Crippen LogP contribution in [0, 0.1) is 19.3 Å². The van der Waals surface area contributed by atoms with Crippen molar-refractivity contribution in [3.05, 3.63) is 53.3 Å². The highest BCUT2D eigenvalue weighted by Gasteiger charge is 2.34. The topological polar surface area (TPSA) is 26.0 Å². The van der Waals surface area contributed by atoms with Crippen molar-refractivity contribution in [2.75, 3.05) is 0 Å². The molecule has 0 fully saturated rings. The van der Waals surface area contributed by atoms with Crippen LogP contribution in [0.2, 0.25) is 19.6 Å². The standard InChI is InChI=1S/C29H35N2OSi/c1-17-10-11-20-21(12-17)18(2)25-27-26-23(30-16-31(27)6)13-19(33(7,8)9)14-24(26)32-28(25)22(20)15-29(3,4)5/h10-14,16H,15H2,1-9H3/q+1. The van der Waals surface area contributed by atoms with E-state index in [0.717, 1.165) is 28.8 Å². The third kappa shape index (κ3) is 3.56. The quantitative estimate of drug-likeness (QED) is 0.218. The molecule has 0 amide bonds. The summed E-state index contributed by atoms with van der Waals surface area (Å²) in [6.45, 7) is 18.5. The number of ether oxygens (including phenoxy) is 1. The van der Waals surface area contributed by atoms with Gasteiger partial charge in [0, 0.05) is 5.56 Å². The Morgan fingerprint density at radius 2 is 1.73 bits per heavy atom. The minimum Gasteiger partial charge on any atom is -0.455 e. The van der Waals surface area contributed by atoms with Gasteiger partial charge >= 0.3 is 0 Å². The number of nitrogens with zero attached hydrogens (tertiary/aromatic N) is 2. The maximum atomic E-state index is 6.91. The van der Waals surface area contributed by atoms with Crippen LogP contribution in [0.4, 0.5) is 0 Å². The van der Waals surface area contributed by atoms with E-state index in [-0.39, 0.29) is 5.41 Å². The first-order valence-electron chi connectivity index (χ1n) is 11.9. The Bertz CT molecular complexity index is 1460. The second kappa shape index (κ2) is 7.14. The van der Waals surface area contributed by atoms with Crippen molar-refractivity contribution in [1.82, 2.24) is 4.98 Å². The molecule has 0 spiro atoms. The number of aromatic nitrogens is 2. The summed E-state index contributed by atoms with van der Waals surface area (Å²) >= 11 is 0. The Hall–Kier alpha value is -2.72. The molecule has 5 rings (SSSR count). The molecule has 1 aliphatic rings. The lowest BCUT2D eigenvalue weighted by molar-refractivity contribution is -0.662. The van der Waals surface area contributed by atoms with Crippen LogP contribution >= 0.6 is 0 Å². The fourth-order valence-electron chi connectivity index (χ4n) is 5.16. The molecule has 0 saturated carbocycles. The average molecular weight is 456 g/mol. The van der Waals surface area contributed by atoms with E-state index in [9.17, 15) is 0 Å². The predicted octanol–water partition coefficient (Wildman–Crippen LogP) is 6.74. The average Bonchev–Trinajstić information content (AvgIpc) is 2.71. The first kappa shape index (κ1) is 22.1.